The van der Waals surface area contributed by atoms with Crippen molar-refractivity contribution in [2.24, 2.45) is 0 Å². The molecule has 1 aliphatic heterocycles. The van der Waals surface area contributed by atoms with E-state index >= 15 is 0 Å². The molecule has 3 heteroatoms. The van der Waals surface area contributed by atoms with Crippen molar-refractivity contribution in [2.45, 2.75) is 30.9 Å². The van der Waals surface area contributed by atoms with Crippen LogP contribution in [0.3, 0.4) is 0 Å². The first-order valence-corrected chi connectivity index (χ1v) is 4.32. The minimum atomic E-state index is 0.0717. The van der Waals surface area contributed by atoms with Gasteiger partial charge in [-0.05, 0) is 25.8 Å². The second-order valence-electron chi connectivity index (χ2n) is 3.61. The summed E-state index contributed by atoms with van der Waals surface area (Å²) in [4.78, 5) is 0. The van der Waals surface area contributed by atoms with Crippen LogP contribution >= 0.6 is 0 Å². The number of rotatable bonds is 1. The molecule has 0 aromatic heterocycles. The number of hydrogen-bond donors (Lipinski definition) is 2. The van der Waals surface area contributed by atoms with Gasteiger partial charge in [0.05, 0.1) is 19.3 Å². The lowest BCUT2D eigenvalue weighted by atomic mass is 10.2. The molecular weight excluding hydrogens is 142 g/mol. The van der Waals surface area contributed by atoms with E-state index in [1.165, 1.54) is 12.8 Å². The highest BCUT2D eigenvalue weighted by Gasteiger charge is 2.44. The van der Waals surface area contributed by atoms with E-state index in [-0.39, 0.29) is 12.7 Å². The zero-order chi connectivity index (χ0) is 7.73. The first-order chi connectivity index (χ1) is 5.35. The summed E-state index contributed by atoms with van der Waals surface area (Å²) >= 11 is 0. The molecule has 0 amide bonds. The molecule has 1 atom stereocenters. The average Bonchev–Trinajstić information content (AvgIpc) is 2.81. The molecule has 2 fully saturated rings. The van der Waals surface area contributed by atoms with Gasteiger partial charge in [-0.3, -0.25) is 0 Å². The predicted octanol–water partition coefficient (Wildman–Crippen LogP) is -0.110. The number of nitrogens with one attached hydrogen (secondary N) is 1. The fraction of sp³-hybridized carbons (Fsp3) is 1.00. The molecular formula is C8H15NO2. The van der Waals surface area contributed by atoms with Crippen molar-refractivity contribution in [3.05, 3.63) is 0 Å². The molecule has 1 unspecified atom stereocenters. The number of ether oxygens (including phenoxy) is 1. The van der Waals surface area contributed by atoms with Crippen LogP contribution in [0.5, 0.6) is 0 Å². The largest absolute Gasteiger partial charge is 0.394 e. The molecule has 2 rings (SSSR count). The Morgan fingerprint density at radius 1 is 1.55 bits per heavy atom. The van der Waals surface area contributed by atoms with Gasteiger partial charge in [0, 0.05) is 5.54 Å². The standard InChI is InChI=1S/C8H15NO2/c10-5-7-1-4-9-8(2-3-8)6-11-7/h7,9-10H,1-6H2. The normalized spacial score (nSPS) is 35.2. The summed E-state index contributed by atoms with van der Waals surface area (Å²) < 4.78 is 5.52. The van der Waals surface area contributed by atoms with E-state index in [4.69, 9.17) is 9.84 Å². The van der Waals surface area contributed by atoms with E-state index in [0.29, 0.717) is 5.54 Å². The molecule has 2 aliphatic rings. The molecule has 1 aliphatic carbocycles. The van der Waals surface area contributed by atoms with Crippen LogP contribution in [0.15, 0.2) is 0 Å². The van der Waals surface area contributed by atoms with E-state index in [2.05, 4.69) is 5.32 Å². The van der Waals surface area contributed by atoms with Crippen molar-refractivity contribution >= 4 is 0 Å². The summed E-state index contributed by atoms with van der Waals surface area (Å²) in [5.41, 5.74) is 0.309. The lowest BCUT2D eigenvalue weighted by Crippen LogP contribution is -2.33. The van der Waals surface area contributed by atoms with Crippen LogP contribution in [0.4, 0.5) is 0 Å². The second-order valence-corrected chi connectivity index (χ2v) is 3.61. The number of aliphatic hydroxyl groups is 1. The van der Waals surface area contributed by atoms with Gasteiger partial charge in [-0.1, -0.05) is 0 Å². The maximum Gasteiger partial charge on any atom is 0.0818 e. The first-order valence-electron chi connectivity index (χ1n) is 4.32. The van der Waals surface area contributed by atoms with Crippen LogP contribution < -0.4 is 5.32 Å². The van der Waals surface area contributed by atoms with Gasteiger partial charge in [-0.15, -0.1) is 0 Å². The Morgan fingerprint density at radius 3 is 3.00 bits per heavy atom. The van der Waals surface area contributed by atoms with Crippen LogP contribution in [0.2, 0.25) is 0 Å². The quantitative estimate of drug-likeness (QED) is 0.558. The van der Waals surface area contributed by atoms with Gasteiger partial charge in [-0.2, -0.15) is 0 Å². The molecule has 64 valence electrons. The third-order valence-electron chi connectivity index (χ3n) is 2.62. The van der Waals surface area contributed by atoms with E-state index < -0.39 is 0 Å². The minimum Gasteiger partial charge on any atom is -0.394 e. The van der Waals surface area contributed by atoms with Crippen molar-refractivity contribution in [3.8, 4) is 0 Å². The highest BCUT2D eigenvalue weighted by atomic mass is 16.5. The van der Waals surface area contributed by atoms with E-state index in [0.717, 1.165) is 19.6 Å². The van der Waals surface area contributed by atoms with E-state index in [1.54, 1.807) is 0 Å². The predicted molar refractivity (Wildman–Crippen MR) is 41.4 cm³/mol. The third kappa shape index (κ3) is 1.55. The first kappa shape index (κ1) is 7.53. The number of hydrogen-bond acceptors (Lipinski definition) is 3. The molecule has 1 heterocycles. The second kappa shape index (κ2) is 2.73. The molecule has 2 N–H and O–H groups in total. The van der Waals surface area contributed by atoms with Gasteiger partial charge in [0.1, 0.15) is 0 Å². The third-order valence-corrected chi connectivity index (χ3v) is 2.62. The molecule has 1 spiro atoms. The molecule has 11 heavy (non-hydrogen) atoms. The highest BCUT2D eigenvalue weighted by Crippen LogP contribution is 2.36. The summed E-state index contributed by atoms with van der Waals surface area (Å²) in [6, 6.07) is 0. The molecule has 1 saturated carbocycles. The van der Waals surface area contributed by atoms with Crippen molar-refractivity contribution < 1.29 is 9.84 Å². The maximum atomic E-state index is 8.85. The Labute approximate surface area is 66.7 Å². The monoisotopic (exact) mass is 157 g/mol. The van der Waals surface area contributed by atoms with Gasteiger partial charge in [-0.25, -0.2) is 0 Å². The Kier molecular flexibility index (Phi) is 1.87. The van der Waals surface area contributed by atoms with Crippen LogP contribution in [0.25, 0.3) is 0 Å². The molecule has 0 radical (unpaired) electrons. The zero-order valence-corrected chi connectivity index (χ0v) is 6.68. The number of aliphatic hydroxyl groups excluding tert-OH is 1. The lowest BCUT2D eigenvalue weighted by molar-refractivity contribution is 0.0104. The summed E-state index contributed by atoms with van der Waals surface area (Å²) in [6.07, 6.45) is 3.50. The van der Waals surface area contributed by atoms with Crippen molar-refractivity contribution in [1.29, 1.82) is 0 Å². The van der Waals surface area contributed by atoms with Crippen molar-refractivity contribution in [3.63, 3.8) is 0 Å². The summed E-state index contributed by atoms with van der Waals surface area (Å²) in [7, 11) is 0. The Bertz CT molecular complexity index is 145. The van der Waals surface area contributed by atoms with Crippen molar-refractivity contribution in [2.75, 3.05) is 19.8 Å². The van der Waals surface area contributed by atoms with Crippen LogP contribution in [0, 0.1) is 0 Å². The van der Waals surface area contributed by atoms with Gasteiger partial charge in [0.2, 0.25) is 0 Å². The minimum absolute atomic E-state index is 0.0717. The Morgan fingerprint density at radius 2 is 2.36 bits per heavy atom. The van der Waals surface area contributed by atoms with Gasteiger partial charge in [0.15, 0.2) is 0 Å². The molecule has 0 aromatic rings. The summed E-state index contributed by atoms with van der Waals surface area (Å²) in [6.45, 7) is 1.95. The average molecular weight is 157 g/mol. The van der Waals surface area contributed by atoms with Gasteiger partial charge < -0.3 is 15.2 Å². The van der Waals surface area contributed by atoms with Crippen LogP contribution in [0.1, 0.15) is 19.3 Å². The maximum absolute atomic E-state index is 8.85. The van der Waals surface area contributed by atoms with Crippen LogP contribution in [-0.2, 0) is 4.74 Å². The van der Waals surface area contributed by atoms with E-state index in [1.807, 2.05) is 0 Å². The van der Waals surface area contributed by atoms with Gasteiger partial charge >= 0.3 is 0 Å². The van der Waals surface area contributed by atoms with Crippen LogP contribution in [-0.4, -0.2) is 36.5 Å². The SMILES string of the molecule is OCC1CCNC2(CC2)CO1. The molecule has 0 bridgehead atoms. The van der Waals surface area contributed by atoms with Crippen molar-refractivity contribution in [1.82, 2.24) is 5.32 Å². The molecule has 0 aromatic carbocycles. The Balaban J connectivity index is 1.87. The highest BCUT2D eigenvalue weighted by molar-refractivity contribution is 5.03. The zero-order valence-electron chi connectivity index (χ0n) is 6.68. The lowest BCUT2D eigenvalue weighted by Gasteiger charge is -2.13. The Hall–Kier alpha value is -0.120. The van der Waals surface area contributed by atoms with Gasteiger partial charge in [0.25, 0.3) is 0 Å². The van der Waals surface area contributed by atoms with E-state index in [9.17, 15) is 0 Å². The summed E-state index contributed by atoms with van der Waals surface area (Å²) in [5, 5.41) is 12.3. The molecule has 3 nitrogen and oxygen atoms in total. The molecule has 1 saturated heterocycles. The fourth-order valence-electron chi connectivity index (χ4n) is 1.53. The summed E-state index contributed by atoms with van der Waals surface area (Å²) in [5.74, 6) is 0. The smallest absolute Gasteiger partial charge is 0.0818 e. The fourth-order valence-corrected chi connectivity index (χ4v) is 1.53. The topological polar surface area (TPSA) is 41.5 Å².